The Balaban J connectivity index is 0.000000777. The summed E-state index contributed by atoms with van der Waals surface area (Å²) in [6, 6.07) is 11.4. The van der Waals surface area contributed by atoms with Gasteiger partial charge >= 0.3 is 0 Å². The zero-order valence-corrected chi connectivity index (χ0v) is 19.1. The molecule has 0 saturated carbocycles. The molecule has 2 aromatic rings. The Labute approximate surface area is 197 Å². The number of amidine groups is 2. The van der Waals surface area contributed by atoms with Crippen LogP contribution in [0.4, 0.5) is 23.3 Å². The summed E-state index contributed by atoms with van der Waals surface area (Å²) in [5, 5.41) is 23.8. The first-order valence-corrected chi connectivity index (χ1v) is 10.1. The third kappa shape index (κ3) is 6.36. The number of aromatic nitrogens is 2. The molecule has 11 nitrogen and oxygen atoms in total. The van der Waals surface area contributed by atoms with Crippen molar-refractivity contribution in [2.24, 2.45) is 9.98 Å². The molecule has 0 aliphatic carbocycles. The van der Waals surface area contributed by atoms with Crippen LogP contribution in [-0.2, 0) is 0 Å². The second kappa shape index (κ2) is 12.6. The minimum absolute atomic E-state index is 0. The lowest BCUT2D eigenvalue weighted by atomic mass is 10.3. The first-order chi connectivity index (χ1) is 16.2. The molecule has 3 aliphatic heterocycles. The van der Waals surface area contributed by atoms with Crippen LogP contribution in [0.15, 0.2) is 94.5 Å². The fraction of sp³-hybridized carbons (Fsp3) is 0.130. The largest absolute Gasteiger partial charge is 0.412 e. The van der Waals surface area contributed by atoms with Gasteiger partial charge in [0.1, 0.15) is 34.9 Å². The van der Waals surface area contributed by atoms with E-state index in [0.717, 1.165) is 37.5 Å². The second-order valence-corrected chi connectivity index (χ2v) is 6.51. The van der Waals surface area contributed by atoms with Crippen molar-refractivity contribution in [1.29, 1.82) is 0 Å². The van der Waals surface area contributed by atoms with Gasteiger partial charge in [0, 0.05) is 21.3 Å². The summed E-state index contributed by atoms with van der Waals surface area (Å²) in [7, 11) is 3.92. The highest BCUT2D eigenvalue weighted by Gasteiger charge is 2.12. The van der Waals surface area contributed by atoms with Crippen molar-refractivity contribution in [1.82, 2.24) is 25.9 Å². The molecule has 34 heavy (non-hydrogen) atoms. The maximum atomic E-state index is 7.00. The number of hydrogen-bond acceptors (Lipinski definition) is 10. The number of nitrogens with zero attached hydrogens (tertiary/aromatic N) is 5. The van der Waals surface area contributed by atoms with E-state index in [4.69, 9.17) is 10.2 Å². The zero-order valence-electron chi connectivity index (χ0n) is 19.1. The van der Waals surface area contributed by atoms with Gasteiger partial charge < -0.3 is 36.5 Å². The third-order valence-electron chi connectivity index (χ3n) is 4.43. The fourth-order valence-corrected chi connectivity index (χ4v) is 3.02. The monoisotopic (exact) mass is 464 g/mol. The number of nitrogens with one attached hydrogen (secondary N) is 3. The van der Waals surface area contributed by atoms with Crippen molar-refractivity contribution in [2.45, 2.75) is 0 Å². The van der Waals surface area contributed by atoms with E-state index < -0.39 is 0 Å². The van der Waals surface area contributed by atoms with Crippen molar-refractivity contribution in [3.05, 3.63) is 84.5 Å². The lowest BCUT2D eigenvalue weighted by Gasteiger charge is -2.21. The smallest absolute Gasteiger partial charge is 0.156 e. The van der Waals surface area contributed by atoms with E-state index in [-0.39, 0.29) is 5.48 Å². The maximum Gasteiger partial charge on any atom is 0.156 e. The Hall–Kier alpha value is -4.32. The maximum absolute atomic E-state index is 7.00. The van der Waals surface area contributed by atoms with Gasteiger partial charge in [0.2, 0.25) is 0 Å². The first-order valence-electron chi connectivity index (χ1n) is 10.1. The molecule has 2 aromatic heterocycles. The second-order valence-electron chi connectivity index (χ2n) is 6.51. The van der Waals surface area contributed by atoms with Crippen LogP contribution in [0.3, 0.4) is 0 Å². The van der Waals surface area contributed by atoms with Crippen LogP contribution in [0.5, 0.6) is 0 Å². The summed E-state index contributed by atoms with van der Waals surface area (Å²) in [6.45, 7) is 0. The van der Waals surface area contributed by atoms with Gasteiger partial charge in [-0.05, 0) is 48.6 Å². The van der Waals surface area contributed by atoms with Gasteiger partial charge in [0.05, 0.1) is 0 Å². The SMILES string of the molecule is CN1c2cccc(n2)N=C2C=CC=C(NC3=CC=CC(=Nc4cccc1n4)N3)N2.CO.CO.O. The van der Waals surface area contributed by atoms with Crippen LogP contribution >= 0.6 is 0 Å². The molecular weight excluding hydrogens is 436 g/mol. The molecule has 0 saturated heterocycles. The van der Waals surface area contributed by atoms with E-state index in [1.807, 2.05) is 84.8 Å². The fourth-order valence-electron chi connectivity index (χ4n) is 3.02. The van der Waals surface area contributed by atoms with Crippen molar-refractivity contribution < 1.29 is 15.7 Å². The van der Waals surface area contributed by atoms with Gasteiger partial charge in [-0.25, -0.2) is 20.0 Å². The molecule has 0 aromatic carbocycles. The normalized spacial score (nSPS) is 14.9. The average Bonchev–Trinajstić information content (AvgIpc) is 2.86. The number of allylic oxidation sites excluding steroid dienone is 4. The van der Waals surface area contributed by atoms with Gasteiger partial charge in [-0.1, -0.05) is 24.3 Å². The third-order valence-corrected chi connectivity index (χ3v) is 4.43. The van der Waals surface area contributed by atoms with E-state index in [1.165, 1.54) is 0 Å². The van der Waals surface area contributed by atoms with Gasteiger partial charge in [-0.3, -0.25) is 0 Å². The number of fused-ring (bicyclic) bond motifs is 8. The lowest BCUT2D eigenvalue weighted by molar-refractivity contribution is 0.399. The zero-order chi connectivity index (χ0) is 23.6. The van der Waals surface area contributed by atoms with Crippen molar-refractivity contribution in [3.63, 3.8) is 0 Å². The number of aliphatic hydroxyl groups is 2. The molecule has 0 fully saturated rings. The molecule has 5 rings (SSSR count). The number of aliphatic imine (C=N–C) groups is 2. The lowest BCUT2D eigenvalue weighted by Crippen LogP contribution is -2.38. The summed E-state index contributed by atoms with van der Waals surface area (Å²) in [5.41, 5.74) is 0. The molecule has 0 atom stereocenters. The van der Waals surface area contributed by atoms with Gasteiger partial charge in [-0.2, -0.15) is 0 Å². The van der Waals surface area contributed by atoms with Crippen LogP contribution in [0.25, 0.3) is 0 Å². The number of hydrogen-bond donors (Lipinski definition) is 5. The highest BCUT2D eigenvalue weighted by Crippen LogP contribution is 2.24. The van der Waals surface area contributed by atoms with Crippen LogP contribution in [-0.4, -0.2) is 58.6 Å². The van der Waals surface area contributed by atoms with Gasteiger partial charge in [0.15, 0.2) is 11.6 Å². The summed E-state index contributed by atoms with van der Waals surface area (Å²) in [5.74, 6) is 5.65. The van der Waals surface area contributed by atoms with Crippen molar-refractivity contribution in [2.75, 3.05) is 26.2 Å². The molecule has 7 N–H and O–H groups in total. The van der Waals surface area contributed by atoms with E-state index in [9.17, 15) is 0 Å². The van der Waals surface area contributed by atoms with Crippen LogP contribution in [0.1, 0.15) is 0 Å². The van der Waals surface area contributed by atoms with Crippen molar-refractivity contribution >= 4 is 34.9 Å². The number of dihydropyridines is 2. The average molecular weight is 465 g/mol. The Morgan fingerprint density at radius 3 is 1.56 bits per heavy atom. The summed E-state index contributed by atoms with van der Waals surface area (Å²) in [6.07, 6.45) is 11.5. The van der Waals surface area contributed by atoms with Crippen LogP contribution in [0, 0.1) is 0 Å². The molecule has 5 heterocycles. The van der Waals surface area contributed by atoms with Gasteiger partial charge in [-0.15, -0.1) is 0 Å². The molecule has 0 unspecified atom stereocenters. The highest BCUT2D eigenvalue weighted by atomic mass is 16.2. The van der Waals surface area contributed by atoms with Gasteiger partial charge in [0.25, 0.3) is 0 Å². The minimum atomic E-state index is 0. The Morgan fingerprint density at radius 1 is 0.676 bits per heavy atom. The topological polar surface area (TPSA) is 162 Å². The predicted octanol–water partition coefficient (Wildman–Crippen LogP) is 1.30. The number of pyridine rings is 2. The Bertz CT molecular complexity index is 1080. The first kappa shape index (κ1) is 25.9. The molecule has 0 amide bonds. The van der Waals surface area contributed by atoms with Crippen molar-refractivity contribution in [3.8, 4) is 0 Å². The summed E-state index contributed by atoms with van der Waals surface area (Å²) >= 11 is 0. The molecule has 11 heteroatoms. The highest BCUT2D eigenvalue weighted by molar-refractivity contribution is 5.98. The molecule has 8 bridgehead atoms. The Morgan fingerprint density at radius 2 is 1.12 bits per heavy atom. The standard InChI is InChI=1S/C21H18N8.2CH4O.H2O/c1-29-20-12-4-10-18(27-20)25-16-8-2-6-14(23-16)22-15-7-3-9-17(24-15)26-19-11-5-13-21(29)28-19;2*1-2;/h2-13H,1H3,(H3,22,23,24,25,26,27,28);2*2H,1H3;1H2. The molecular formula is C23H28N8O3. The number of anilines is 2. The molecule has 0 spiro atoms. The minimum Gasteiger partial charge on any atom is -0.412 e. The van der Waals surface area contributed by atoms with E-state index in [0.29, 0.717) is 23.3 Å². The number of rotatable bonds is 0. The predicted molar refractivity (Wildman–Crippen MR) is 134 cm³/mol. The van der Waals surface area contributed by atoms with Crippen LogP contribution in [0.2, 0.25) is 0 Å². The molecule has 3 aliphatic rings. The van der Waals surface area contributed by atoms with E-state index >= 15 is 0 Å². The Kier molecular flexibility index (Phi) is 9.65. The summed E-state index contributed by atoms with van der Waals surface area (Å²) in [4.78, 5) is 20.5. The summed E-state index contributed by atoms with van der Waals surface area (Å²) < 4.78 is 0. The molecule has 178 valence electrons. The van der Waals surface area contributed by atoms with E-state index in [2.05, 4.69) is 35.9 Å². The molecule has 0 radical (unpaired) electrons. The van der Waals surface area contributed by atoms with E-state index in [1.54, 1.807) is 0 Å². The quantitative estimate of drug-likeness (QED) is 0.390. The number of aliphatic hydroxyl groups excluding tert-OH is 2. The van der Waals surface area contributed by atoms with Crippen LogP contribution < -0.4 is 20.9 Å².